The van der Waals surface area contributed by atoms with Crippen LogP contribution in [-0.4, -0.2) is 24.0 Å². The summed E-state index contributed by atoms with van der Waals surface area (Å²) in [6, 6.07) is 10.1. The lowest BCUT2D eigenvalue weighted by Gasteiger charge is -2.40. The number of hydrogen-bond acceptors (Lipinski definition) is 1. The Morgan fingerprint density at radius 1 is 0.850 bits per heavy atom. The van der Waals surface area contributed by atoms with E-state index in [4.69, 9.17) is 0 Å². The third kappa shape index (κ3) is 3.25. The van der Waals surface area contributed by atoms with Crippen LogP contribution in [0.25, 0.3) is 0 Å². The van der Waals surface area contributed by atoms with Gasteiger partial charge in [0.25, 0.3) is 0 Å². The van der Waals surface area contributed by atoms with Crippen LogP contribution < -0.4 is 0 Å². The van der Waals surface area contributed by atoms with Crippen molar-refractivity contribution in [3.8, 4) is 0 Å². The summed E-state index contributed by atoms with van der Waals surface area (Å²) in [5, 5.41) is 0. The molecule has 2 fully saturated rings. The zero-order valence-corrected chi connectivity index (χ0v) is 13.1. The molecule has 2 aliphatic rings. The number of benzene rings is 1. The first-order valence-electron chi connectivity index (χ1n) is 8.53. The molecule has 0 aromatic heterocycles. The Morgan fingerprint density at radius 2 is 1.45 bits per heavy atom. The summed E-state index contributed by atoms with van der Waals surface area (Å²) < 4.78 is 0. The Balaban J connectivity index is 1.53. The van der Waals surface area contributed by atoms with E-state index < -0.39 is 0 Å². The molecule has 0 unspecified atom stereocenters. The first-order valence-corrected chi connectivity index (χ1v) is 8.53. The molecular weight excluding hydrogens is 242 g/mol. The second-order valence-electron chi connectivity index (χ2n) is 7.13. The van der Waals surface area contributed by atoms with Gasteiger partial charge in [-0.3, -0.25) is 0 Å². The average molecular weight is 271 g/mol. The molecule has 1 heterocycles. The maximum absolute atomic E-state index is 2.79. The zero-order chi connectivity index (χ0) is 13.9. The fourth-order valence-corrected chi connectivity index (χ4v) is 4.04. The van der Waals surface area contributed by atoms with Crippen molar-refractivity contribution in [1.82, 2.24) is 4.90 Å². The van der Waals surface area contributed by atoms with E-state index in [0.717, 1.165) is 17.9 Å². The van der Waals surface area contributed by atoms with E-state index in [2.05, 4.69) is 43.0 Å². The van der Waals surface area contributed by atoms with Crippen LogP contribution in [-0.2, 0) is 0 Å². The van der Waals surface area contributed by atoms with Crippen LogP contribution in [0.1, 0.15) is 62.5 Å². The van der Waals surface area contributed by atoms with Gasteiger partial charge in [-0.2, -0.15) is 0 Å². The lowest BCUT2D eigenvalue weighted by Crippen LogP contribution is -2.42. The topological polar surface area (TPSA) is 3.24 Å². The maximum atomic E-state index is 2.79. The molecule has 110 valence electrons. The Hall–Kier alpha value is -0.820. The van der Waals surface area contributed by atoms with Crippen LogP contribution in [0.5, 0.6) is 0 Å². The minimum atomic E-state index is 0.800. The Bertz CT molecular complexity index is 406. The molecular formula is C19H29N. The van der Waals surface area contributed by atoms with Crippen LogP contribution in [0, 0.1) is 12.8 Å². The molecule has 1 heteroatoms. The van der Waals surface area contributed by atoms with Crippen molar-refractivity contribution >= 4 is 0 Å². The molecule has 1 saturated heterocycles. The van der Waals surface area contributed by atoms with Crippen molar-refractivity contribution in [2.75, 3.05) is 13.1 Å². The van der Waals surface area contributed by atoms with Gasteiger partial charge in [0.2, 0.25) is 0 Å². The van der Waals surface area contributed by atoms with Gasteiger partial charge in [0.1, 0.15) is 0 Å². The molecule has 1 aliphatic carbocycles. The van der Waals surface area contributed by atoms with Gasteiger partial charge in [-0.15, -0.1) is 0 Å². The van der Waals surface area contributed by atoms with E-state index in [9.17, 15) is 0 Å². The van der Waals surface area contributed by atoms with E-state index in [1.165, 1.54) is 57.2 Å². The normalized spacial score (nSPS) is 29.5. The van der Waals surface area contributed by atoms with Crippen molar-refractivity contribution < 1.29 is 0 Å². The first kappa shape index (κ1) is 14.1. The van der Waals surface area contributed by atoms with Gasteiger partial charge < -0.3 is 4.90 Å². The van der Waals surface area contributed by atoms with Crippen molar-refractivity contribution in [3.63, 3.8) is 0 Å². The average Bonchev–Trinajstić information content (AvgIpc) is 2.49. The SMILES string of the molecule is Cc1ccc(C2CCN(C3CCC(C)CC3)CC2)cc1. The smallest absolute Gasteiger partial charge is 0.00954 e. The monoisotopic (exact) mass is 271 g/mol. The standard InChI is InChI=1S/C19H29N/c1-15-3-7-17(8-4-15)18-11-13-20(14-12-18)19-9-5-16(2)6-10-19/h3-4,7-8,16,18-19H,5-6,9-14H2,1-2H3. The minimum absolute atomic E-state index is 0.800. The lowest BCUT2D eigenvalue weighted by molar-refractivity contribution is 0.110. The highest BCUT2D eigenvalue weighted by atomic mass is 15.2. The summed E-state index contributed by atoms with van der Waals surface area (Å²) in [6.45, 7) is 7.23. The fourth-order valence-electron chi connectivity index (χ4n) is 4.04. The van der Waals surface area contributed by atoms with E-state index in [-0.39, 0.29) is 0 Å². The zero-order valence-electron chi connectivity index (χ0n) is 13.1. The first-order chi connectivity index (χ1) is 9.72. The van der Waals surface area contributed by atoms with Crippen molar-refractivity contribution in [2.45, 2.75) is 64.3 Å². The molecule has 0 N–H and O–H groups in total. The highest BCUT2D eigenvalue weighted by molar-refractivity contribution is 5.24. The molecule has 1 saturated carbocycles. The summed E-state index contributed by atoms with van der Waals surface area (Å²) in [6.07, 6.45) is 8.49. The molecule has 1 aromatic rings. The summed E-state index contributed by atoms with van der Waals surface area (Å²) in [7, 11) is 0. The quantitative estimate of drug-likeness (QED) is 0.750. The number of nitrogens with zero attached hydrogens (tertiary/aromatic N) is 1. The molecule has 1 aromatic carbocycles. The number of piperidine rings is 1. The van der Waals surface area contributed by atoms with E-state index in [1.807, 2.05) is 0 Å². The summed E-state index contributed by atoms with van der Waals surface area (Å²) >= 11 is 0. The molecule has 0 atom stereocenters. The Morgan fingerprint density at radius 3 is 2.05 bits per heavy atom. The largest absolute Gasteiger partial charge is 0.300 e. The van der Waals surface area contributed by atoms with Gasteiger partial charge in [-0.1, -0.05) is 36.8 Å². The predicted molar refractivity (Wildman–Crippen MR) is 86.1 cm³/mol. The highest BCUT2D eigenvalue weighted by Crippen LogP contribution is 2.33. The van der Waals surface area contributed by atoms with Crippen LogP contribution >= 0.6 is 0 Å². The number of rotatable bonds is 2. The van der Waals surface area contributed by atoms with Gasteiger partial charge in [-0.05, 0) is 75.9 Å². The van der Waals surface area contributed by atoms with E-state index >= 15 is 0 Å². The van der Waals surface area contributed by atoms with Crippen molar-refractivity contribution in [2.24, 2.45) is 5.92 Å². The molecule has 3 rings (SSSR count). The minimum Gasteiger partial charge on any atom is -0.300 e. The van der Waals surface area contributed by atoms with E-state index in [1.54, 1.807) is 5.56 Å². The van der Waals surface area contributed by atoms with Gasteiger partial charge in [0.05, 0.1) is 0 Å². The summed E-state index contributed by atoms with van der Waals surface area (Å²) in [5.74, 6) is 1.77. The molecule has 1 aliphatic heterocycles. The molecule has 1 nitrogen and oxygen atoms in total. The van der Waals surface area contributed by atoms with Crippen molar-refractivity contribution in [3.05, 3.63) is 35.4 Å². The fraction of sp³-hybridized carbons (Fsp3) is 0.684. The molecule has 0 amide bonds. The second kappa shape index (κ2) is 6.30. The van der Waals surface area contributed by atoms with Crippen molar-refractivity contribution in [1.29, 1.82) is 0 Å². The predicted octanol–water partition coefficient (Wildman–Crippen LogP) is 4.75. The van der Waals surface area contributed by atoms with Crippen LogP contribution in [0.3, 0.4) is 0 Å². The molecule has 0 bridgehead atoms. The lowest BCUT2D eigenvalue weighted by atomic mass is 9.84. The Labute approximate surface area is 124 Å². The molecule has 0 radical (unpaired) electrons. The number of hydrogen-bond donors (Lipinski definition) is 0. The Kier molecular flexibility index (Phi) is 4.45. The third-order valence-electron chi connectivity index (χ3n) is 5.58. The highest BCUT2D eigenvalue weighted by Gasteiger charge is 2.28. The van der Waals surface area contributed by atoms with Gasteiger partial charge in [0, 0.05) is 6.04 Å². The second-order valence-corrected chi connectivity index (χ2v) is 7.13. The van der Waals surface area contributed by atoms with E-state index in [0.29, 0.717) is 0 Å². The number of likely N-dealkylation sites (tertiary alicyclic amines) is 1. The molecule has 0 spiro atoms. The van der Waals surface area contributed by atoms with Crippen LogP contribution in [0.2, 0.25) is 0 Å². The van der Waals surface area contributed by atoms with Crippen LogP contribution in [0.15, 0.2) is 24.3 Å². The van der Waals surface area contributed by atoms with Gasteiger partial charge in [-0.25, -0.2) is 0 Å². The maximum Gasteiger partial charge on any atom is 0.00954 e. The number of aryl methyl sites for hydroxylation is 1. The third-order valence-corrected chi connectivity index (χ3v) is 5.58. The van der Waals surface area contributed by atoms with Gasteiger partial charge in [0.15, 0.2) is 0 Å². The van der Waals surface area contributed by atoms with Crippen LogP contribution in [0.4, 0.5) is 0 Å². The molecule has 20 heavy (non-hydrogen) atoms. The summed E-state index contributed by atoms with van der Waals surface area (Å²) in [4.78, 5) is 2.79. The van der Waals surface area contributed by atoms with Gasteiger partial charge >= 0.3 is 0 Å². The summed E-state index contributed by atoms with van der Waals surface area (Å²) in [5.41, 5.74) is 2.94.